The number of benzene rings is 2. The number of carbonyl (C=O) groups is 1. The Morgan fingerprint density at radius 3 is 2.70 bits per heavy atom. The number of nitrogens with zero attached hydrogens (tertiary/aromatic N) is 1. The van der Waals surface area contributed by atoms with Gasteiger partial charge in [0.15, 0.2) is 0 Å². The van der Waals surface area contributed by atoms with E-state index >= 15 is 0 Å². The molecule has 23 heavy (non-hydrogen) atoms. The van der Waals surface area contributed by atoms with E-state index in [9.17, 15) is 4.79 Å². The number of nitrogens with one attached hydrogen (secondary N) is 2. The zero-order valence-corrected chi connectivity index (χ0v) is 12.9. The average Bonchev–Trinajstić information content (AvgIpc) is 3.22. The smallest absolute Gasteiger partial charge is 0.275 e. The highest BCUT2D eigenvalue weighted by Crippen LogP contribution is 2.30. The van der Waals surface area contributed by atoms with Crippen molar-refractivity contribution in [2.45, 2.75) is 0 Å². The molecule has 4 nitrogen and oxygen atoms in total. The number of H-pyrrole nitrogens is 1. The van der Waals surface area contributed by atoms with Crippen molar-refractivity contribution in [2.24, 2.45) is 0 Å². The van der Waals surface area contributed by atoms with Crippen LogP contribution in [0.15, 0.2) is 66.2 Å². The Hall–Kier alpha value is -2.92. The number of hydrogen-bond acceptors (Lipinski definition) is 3. The van der Waals surface area contributed by atoms with Crippen molar-refractivity contribution >= 4 is 33.8 Å². The Labute approximate surface area is 136 Å². The van der Waals surface area contributed by atoms with Gasteiger partial charge >= 0.3 is 0 Å². The second kappa shape index (κ2) is 5.70. The van der Waals surface area contributed by atoms with Gasteiger partial charge in [0.05, 0.1) is 0 Å². The summed E-state index contributed by atoms with van der Waals surface area (Å²) in [6.07, 6.45) is 1.93. The van der Waals surface area contributed by atoms with Crippen LogP contribution in [-0.2, 0) is 0 Å². The third kappa shape index (κ3) is 2.62. The lowest BCUT2D eigenvalue weighted by Gasteiger charge is -2.01. The SMILES string of the molecule is O=C(Nc1ccccc1)c1csc(-c2c[nH]c3ccccc23)n1. The van der Waals surface area contributed by atoms with Crippen LogP contribution in [0.25, 0.3) is 21.5 Å². The van der Waals surface area contributed by atoms with Gasteiger partial charge in [-0.05, 0) is 18.2 Å². The van der Waals surface area contributed by atoms with Crippen LogP contribution in [0, 0.1) is 0 Å². The van der Waals surface area contributed by atoms with Gasteiger partial charge in [0.1, 0.15) is 10.7 Å². The van der Waals surface area contributed by atoms with E-state index in [4.69, 9.17) is 0 Å². The number of para-hydroxylation sites is 2. The van der Waals surface area contributed by atoms with Crippen LogP contribution in [0.4, 0.5) is 5.69 Å². The number of rotatable bonds is 3. The maximum Gasteiger partial charge on any atom is 0.275 e. The number of amides is 1. The quantitative estimate of drug-likeness (QED) is 0.582. The molecule has 0 unspecified atom stereocenters. The minimum Gasteiger partial charge on any atom is -0.360 e. The minimum absolute atomic E-state index is 0.196. The molecule has 2 aromatic heterocycles. The zero-order valence-electron chi connectivity index (χ0n) is 12.1. The minimum atomic E-state index is -0.196. The van der Waals surface area contributed by atoms with Crippen molar-refractivity contribution in [3.63, 3.8) is 0 Å². The topological polar surface area (TPSA) is 57.8 Å². The summed E-state index contributed by atoms with van der Waals surface area (Å²) in [7, 11) is 0. The molecule has 2 heterocycles. The molecule has 2 aromatic carbocycles. The lowest BCUT2D eigenvalue weighted by Crippen LogP contribution is -2.12. The van der Waals surface area contributed by atoms with Crippen LogP contribution >= 0.6 is 11.3 Å². The fourth-order valence-corrected chi connectivity index (χ4v) is 3.30. The Morgan fingerprint density at radius 1 is 1.04 bits per heavy atom. The van der Waals surface area contributed by atoms with Gasteiger partial charge in [0.25, 0.3) is 5.91 Å². The number of hydrogen-bond donors (Lipinski definition) is 2. The molecule has 4 rings (SSSR count). The predicted molar refractivity (Wildman–Crippen MR) is 93.8 cm³/mol. The third-order valence-electron chi connectivity index (χ3n) is 3.59. The van der Waals surface area contributed by atoms with Crippen LogP contribution < -0.4 is 5.32 Å². The summed E-state index contributed by atoms with van der Waals surface area (Å²) in [5.41, 5.74) is 3.27. The molecule has 0 spiro atoms. The van der Waals surface area contributed by atoms with E-state index in [1.165, 1.54) is 11.3 Å². The summed E-state index contributed by atoms with van der Waals surface area (Å²) in [5, 5.41) is 6.58. The van der Waals surface area contributed by atoms with E-state index in [2.05, 4.69) is 15.3 Å². The highest BCUT2D eigenvalue weighted by Gasteiger charge is 2.14. The first-order valence-electron chi connectivity index (χ1n) is 7.20. The van der Waals surface area contributed by atoms with Gasteiger partial charge in [-0.2, -0.15) is 0 Å². The normalized spacial score (nSPS) is 10.8. The summed E-state index contributed by atoms with van der Waals surface area (Å²) in [6.45, 7) is 0. The van der Waals surface area contributed by atoms with Crippen LogP contribution in [0.3, 0.4) is 0 Å². The molecule has 4 aromatic rings. The zero-order chi connectivity index (χ0) is 15.6. The summed E-state index contributed by atoms with van der Waals surface area (Å²) < 4.78 is 0. The highest BCUT2D eigenvalue weighted by atomic mass is 32.1. The number of thiazole rings is 1. The van der Waals surface area contributed by atoms with Crippen molar-refractivity contribution in [3.05, 3.63) is 71.9 Å². The molecular formula is C18H13N3OS. The fourth-order valence-electron chi connectivity index (χ4n) is 2.47. The second-order valence-corrected chi connectivity index (χ2v) is 5.96. The Kier molecular flexibility index (Phi) is 3.40. The lowest BCUT2D eigenvalue weighted by atomic mass is 10.2. The highest BCUT2D eigenvalue weighted by molar-refractivity contribution is 7.13. The van der Waals surface area contributed by atoms with E-state index < -0.39 is 0 Å². The monoisotopic (exact) mass is 319 g/mol. The predicted octanol–water partition coefficient (Wildman–Crippen LogP) is 4.54. The van der Waals surface area contributed by atoms with Crippen molar-refractivity contribution in [3.8, 4) is 10.6 Å². The van der Waals surface area contributed by atoms with Crippen molar-refractivity contribution < 1.29 is 4.79 Å². The van der Waals surface area contributed by atoms with Gasteiger partial charge in [-0.15, -0.1) is 11.3 Å². The molecule has 5 heteroatoms. The summed E-state index contributed by atoms with van der Waals surface area (Å²) in [6, 6.07) is 17.4. The molecule has 0 aliphatic rings. The largest absolute Gasteiger partial charge is 0.360 e. The maximum atomic E-state index is 12.3. The molecule has 0 aliphatic heterocycles. The number of fused-ring (bicyclic) bond motifs is 1. The van der Waals surface area contributed by atoms with E-state index in [0.29, 0.717) is 5.69 Å². The van der Waals surface area contributed by atoms with E-state index in [0.717, 1.165) is 27.2 Å². The summed E-state index contributed by atoms with van der Waals surface area (Å²) in [5.74, 6) is -0.196. The number of carbonyl (C=O) groups excluding carboxylic acids is 1. The molecular weight excluding hydrogens is 306 g/mol. The summed E-state index contributed by atoms with van der Waals surface area (Å²) >= 11 is 1.47. The van der Waals surface area contributed by atoms with Crippen molar-refractivity contribution in [2.75, 3.05) is 5.32 Å². The Bertz CT molecular complexity index is 972. The molecule has 2 N–H and O–H groups in total. The molecule has 0 fully saturated rings. The van der Waals surface area contributed by atoms with E-state index in [1.54, 1.807) is 5.38 Å². The molecule has 1 amide bonds. The third-order valence-corrected chi connectivity index (χ3v) is 4.46. The number of aromatic amines is 1. The van der Waals surface area contributed by atoms with Crippen LogP contribution in [-0.4, -0.2) is 15.9 Å². The van der Waals surface area contributed by atoms with Crippen LogP contribution in [0.1, 0.15) is 10.5 Å². The van der Waals surface area contributed by atoms with Crippen LogP contribution in [0.2, 0.25) is 0 Å². The average molecular weight is 319 g/mol. The summed E-state index contributed by atoms with van der Waals surface area (Å²) in [4.78, 5) is 20.0. The molecule has 0 saturated heterocycles. The van der Waals surface area contributed by atoms with Gasteiger partial charge < -0.3 is 10.3 Å². The van der Waals surface area contributed by atoms with Gasteiger partial charge in [-0.1, -0.05) is 36.4 Å². The van der Waals surface area contributed by atoms with Gasteiger partial charge in [0.2, 0.25) is 0 Å². The number of anilines is 1. The first-order chi connectivity index (χ1) is 11.3. The van der Waals surface area contributed by atoms with Gasteiger partial charge in [0, 0.05) is 33.7 Å². The van der Waals surface area contributed by atoms with E-state index in [1.807, 2.05) is 60.8 Å². The second-order valence-electron chi connectivity index (χ2n) is 5.11. The first-order valence-corrected chi connectivity index (χ1v) is 8.07. The first kappa shape index (κ1) is 13.7. The Morgan fingerprint density at radius 2 is 1.83 bits per heavy atom. The molecule has 0 bridgehead atoms. The van der Waals surface area contributed by atoms with Gasteiger partial charge in [-0.25, -0.2) is 4.98 Å². The molecule has 0 atom stereocenters. The Balaban J connectivity index is 1.63. The van der Waals surface area contributed by atoms with E-state index in [-0.39, 0.29) is 5.91 Å². The molecule has 112 valence electrons. The van der Waals surface area contributed by atoms with Crippen LogP contribution in [0.5, 0.6) is 0 Å². The standard InChI is InChI=1S/C18H13N3OS/c22-17(20-12-6-2-1-3-7-12)16-11-23-18(21-16)14-10-19-15-9-5-4-8-13(14)15/h1-11,19H,(H,20,22). The molecule has 0 radical (unpaired) electrons. The number of aromatic nitrogens is 2. The lowest BCUT2D eigenvalue weighted by molar-refractivity contribution is 0.102. The van der Waals surface area contributed by atoms with Gasteiger partial charge in [-0.3, -0.25) is 4.79 Å². The van der Waals surface area contributed by atoms with Crippen molar-refractivity contribution in [1.29, 1.82) is 0 Å². The van der Waals surface area contributed by atoms with Crippen molar-refractivity contribution in [1.82, 2.24) is 9.97 Å². The molecule has 0 aliphatic carbocycles. The maximum absolute atomic E-state index is 12.3. The fraction of sp³-hybridized carbons (Fsp3) is 0. The molecule has 0 saturated carbocycles.